The van der Waals surface area contributed by atoms with Crippen LogP contribution in [0.5, 0.6) is 23.0 Å². The number of halogens is 5. The molecule has 5 nitrogen and oxygen atoms in total. The largest absolute Gasteiger partial charge is 0.497 e. The van der Waals surface area contributed by atoms with Crippen molar-refractivity contribution in [2.24, 2.45) is 0 Å². The Morgan fingerprint density at radius 3 is 2.15 bits per heavy atom. The predicted molar refractivity (Wildman–Crippen MR) is 121 cm³/mol. The molecule has 0 atom stereocenters. The van der Waals surface area contributed by atoms with Crippen molar-refractivity contribution in [1.82, 2.24) is 0 Å². The van der Waals surface area contributed by atoms with Crippen molar-refractivity contribution in [3.05, 3.63) is 92.3 Å². The van der Waals surface area contributed by atoms with Crippen LogP contribution in [0.25, 0.3) is 11.0 Å². The van der Waals surface area contributed by atoms with Crippen molar-refractivity contribution in [3.63, 3.8) is 0 Å². The second kappa shape index (κ2) is 9.48. The van der Waals surface area contributed by atoms with E-state index in [2.05, 4.69) is 0 Å². The van der Waals surface area contributed by atoms with Crippen molar-refractivity contribution >= 4 is 34.2 Å². The lowest BCUT2D eigenvalue weighted by molar-refractivity contribution is -0.154. The highest BCUT2D eigenvalue weighted by Gasteiger charge is 2.40. The molecule has 4 rings (SSSR count). The zero-order valence-electron chi connectivity index (χ0n) is 17.4. The van der Waals surface area contributed by atoms with E-state index in [1.165, 1.54) is 49.6 Å². The monoisotopic (exact) mass is 510 g/mol. The van der Waals surface area contributed by atoms with E-state index >= 15 is 0 Å². The van der Waals surface area contributed by atoms with E-state index in [1.54, 1.807) is 18.2 Å². The highest BCUT2D eigenvalue weighted by atomic mass is 35.5. The van der Waals surface area contributed by atoms with Crippen molar-refractivity contribution in [2.75, 3.05) is 7.11 Å². The number of alkyl halides is 3. The summed E-state index contributed by atoms with van der Waals surface area (Å²) in [6, 6.07) is 14.6. The fourth-order valence-corrected chi connectivity index (χ4v) is 3.62. The molecule has 1 heterocycles. The van der Waals surface area contributed by atoms with Crippen LogP contribution in [0.15, 0.2) is 69.9 Å². The van der Waals surface area contributed by atoms with E-state index in [0.717, 1.165) is 0 Å². The molecular formula is C24H15Cl2F3O5. The number of benzene rings is 3. The van der Waals surface area contributed by atoms with Gasteiger partial charge in [-0.05, 0) is 48.5 Å². The van der Waals surface area contributed by atoms with Gasteiger partial charge in [-0.1, -0.05) is 29.3 Å². The van der Waals surface area contributed by atoms with Crippen molar-refractivity contribution in [2.45, 2.75) is 12.8 Å². The predicted octanol–water partition coefficient (Wildman–Crippen LogP) is 7.50. The Balaban J connectivity index is 1.71. The number of methoxy groups -OCH3 is 1. The molecule has 176 valence electrons. The summed E-state index contributed by atoms with van der Waals surface area (Å²) in [5.74, 6) is -1.90. The minimum absolute atomic E-state index is 0.00882. The van der Waals surface area contributed by atoms with Crippen LogP contribution in [0.2, 0.25) is 10.0 Å². The SMILES string of the molecule is COc1ccc(Oc2c(C(F)(F)F)oc3cc(OCc4c(Cl)cccc4Cl)ccc3c2=O)cc1. The standard InChI is InChI=1S/C24H15Cl2F3O5/c1-31-13-5-7-14(8-6-13)33-22-21(30)16-10-9-15(11-20(16)34-23(22)24(27,28)29)32-12-17-18(25)3-2-4-19(17)26/h2-11H,12H2,1H3. The molecule has 0 aliphatic heterocycles. The Morgan fingerprint density at radius 1 is 0.912 bits per heavy atom. The molecule has 0 fully saturated rings. The van der Waals surface area contributed by atoms with Gasteiger partial charge in [-0.3, -0.25) is 4.79 Å². The maximum atomic E-state index is 13.7. The van der Waals surface area contributed by atoms with Gasteiger partial charge in [0, 0.05) is 21.7 Å². The zero-order chi connectivity index (χ0) is 24.5. The fourth-order valence-electron chi connectivity index (χ4n) is 3.11. The fraction of sp³-hybridized carbons (Fsp3) is 0.125. The summed E-state index contributed by atoms with van der Waals surface area (Å²) in [4.78, 5) is 12.9. The molecule has 0 radical (unpaired) electrons. The molecule has 3 aromatic carbocycles. The Hall–Kier alpha value is -3.36. The number of fused-ring (bicyclic) bond motifs is 1. The molecule has 4 aromatic rings. The molecule has 0 amide bonds. The van der Waals surface area contributed by atoms with Gasteiger partial charge >= 0.3 is 6.18 Å². The second-order valence-electron chi connectivity index (χ2n) is 7.01. The van der Waals surface area contributed by atoms with Crippen molar-refractivity contribution in [1.29, 1.82) is 0 Å². The van der Waals surface area contributed by atoms with Gasteiger partial charge in [-0.25, -0.2) is 0 Å². The molecule has 0 spiro atoms. The van der Waals surface area contributed by atoms with Crippen molar-refractivity contribution < 1.29 is 31.8 Å². The van der Waals surface area contributed by atoms with Crippen LogP contribution in [0.3, 0.4) is 0 Å². The lowest BCUT2D eigenvalue weighted by atomic mass is 10.2. The molecule has 0 N–H and O–H groups in total. The zero-order valence-corrected chi connectivity index (χ0v) is 18.9. The third kappa shape index (κ3) is 4.93. The van der Waals surface area contributed by atoms with Gasteiger partial charge < -0.3 is 18.6 Å². The molecule has 0 saturated carbocycles. The quantitative estimate of drug-likeness (QED) is 0.268. The molecule has 10 heteroatoms. The molecule has 0 aliphatic rings. The first kappa shape index (κ1) is 23.8. The molecule has 0 saturated heterocycles. The first-order chi connectivity index (χ1) is 16.2. The molecule has 34 heavy (non-hydrogen) atoms. The van der Waals surface area contributed by atoms with E-state index < -0.39 is 23.1 Å². The van der Waals surface area contributed by atoms with Gasteiger partial charge in [0.15, 0.2) is 0 Å². The summed E-state index contributed by atoms with van der Waals surface area (Å²) < 4.78 is 62.2. The van der Waals surface area contributed by atoms with E-state index in [9.17, 15) is 18.0 Å². The van der Waals surface area contributed by atoms with Crippen LogP contribution >= 0.6 is 23.2 Å². The van der Waals surface area contributed by atoms with E-state index in [-0.39, 0.29) is 29.1 Å². The van der Waals surface area contributed by atoms with Crippen LogP contribution in [0, 0.1) is 0 Å². The Bertz CT molecular complexity index is 1380. The third-order valence-corrected chi connectivity index (χ3v) is 5.51. The van der Waals surface area contributed by atoms with Crippen LogP contribution in [0.4, 0.5) is 13.2 Å². The molecule has 0 aliphatic carbocycles. The van der Waals surface area contributed by atoms with Crippen LogP contribution < -0.4 is 19.6 Å². The van der Waals surface area contributed by atoms with Gasteiger partial charge in [0.05, 0.1) is 12.5 Å². The third-order valence-electron chi connectivity index (χ3n) is 4.80. The lowest BCUT2D eigenvalue weighted by Gasteiger charge is -2.14. The Kier molecular flexibility index (Phi) is 6.63. The topological polar surface area (TPSA) is 57.9 Å². The van der Waals surface area contributed by atoms with Gasteiger partial charge in [0.2, 0.25) is 11.2 Å². The average Bonchev–Trinajstić information content (AvgIpc) is 2.80. The van der Waals surface area contributed by atoms with Crippen molar-refractivity contribution in [3.8, 4) is 23.0 Å². The Labute approximate surface area is 201 Å². The normalized spacial score (nSPS) is 11.5. The molecule has 0 bridgehead atoms. The maximum absolute atomic E-state index is 13.7. The van der Waals surface area contributed by atoms with Gasteiger partial charge in [-0.2, -0.15) is 13.2 Å². The number of hydrogen-bond donors (Lipinski definition) is 0. The van der Waals surface area contributed by atoms with Crippen LogP contribution in [0.1, 0.15) is 11.3 Å². The number of rotatable bonds is 6. The highest BCUT2D eigenvalue weighted by Crippen LogP contribution is 2.39. The molecule has 0 unspecified atom stereocenters. The van der Waals surface area contributed by atoms with Crippen LogP contribution in [-0.4, -0.2) is 7.11 Å². The maximum Gasteiger partial charge on any atom is 0.453 e. The van der Waals surface area contributed by atoms with Gasteiger partial charge in [-0.15, -0.1) is 0 Å². The highest BCUT2D eigenvalue weighted by molar-refractivity contribution is 6.35. The summed E-state index contributed by atoms with van der Waals surface area (Å²) >= 11 is 12.2. The first-order valence-corrected chi connectivity index (χ1v) is 10.5. The Morgan fingerprint density at radius 2 is 1.53 bits per heavy atom. The number of ether oxygens (including phenoxy) is 3. The summed E-state index contributed by atoms with van der Waals surface area (Å²) in [6.07, 6.45) is -4.99. The summed E-state index contributed by atoms with van der Waals surface area (Å²) in [5.41, 5.74) is -0.793. The van der Waals surface area contributed by atoms with E-state index in [1.807, 2.05) is 0 Å². The summed E-state index contributed by atoms with van der Waals surface area (Å²) in [6.45, 7) is -0.0426. The average molecular weight is 511 g/mol. The van der Waals surface area contributed by atoms with Crippen LogP contribution in [-0.2, 0) is 12.8 Å². The first-order valence-electron chi connectivity index (χ1n) is 9.73. The molecule has 1 aromatic heterocycles. The lowest BCUT2D eigenvalue weighted by Crippen LogP contribution is -2.15. The van der Waals surface area contributed by atoms with E-state index in [4.69, 9.17) is 41.8 Å². The minimum atomic E-state index is -4.99. The van der Waals surface area contributed by atoms with E-state index in [0.29, 0.717) is 21.4 Å². The molecular weight excluding hydrogens is 496 g/mol. The minimum Gasteiger partial charge on any atom is -0.497 e. The summed E-state index contributed by atoms with van der Waals surface area (Å²) in [5, 5.41) is 0.638. The smallest absolute Gasteiger partial charge is 0.453 e. The number of hydrogen-bond acceptors (Lipinski definition) is 5. The second-order valence-corrected chi connectivity index (χ2v) is 7.83. The van der Waals surface area contributed by atoms with Gasteiger partial charge in [0.1, 0.15) is 29.4 Å². The van der Waals surface area contributed by atoms with Gasteiger partial charge in [0.25, 0.3) is 5.76 Å². The summed E-state index contributed by atoms with van der Waals surface area (Å²) in [7, 11) is 1.44.